The van der Waals surface area contributed by atoms with Crippen LogP contribution in [0.3, 0.4) is 0 Å². The third kappa shape index (κ3) is 4.87. The summed E-state index contributed by atoms with van der Waals surface area (Å²) in [4.78, 5) is 15.1. The number of nitrogens with zero attached hydrogens (tertiary/aromatic N) is 3. The molecule has 0 bridgehead atoms. The Kier molecular flexibility index (Phi) is 6.35. The van der Waals surface area contributed by atoms with Crippen LogP contribution in [0.4, 0.5) is 0 Å². The number of carbonyl (C=O) groups excluding carboxylic acids is 1. The third-order valence-electron chi connectivity index (χ3n) is 6.31. The summed E-state index contributed by atoms with van der Waals surface area (Å²) >= 11 is 0. The molecule has 1 heterocycles. The Balaban J connectivity index is 1.41. The van der Waals surface area contributed by atoms with E-state index in [9.17, 15) is 4.79 Å². The van der Waals surface area contributed by atoms with Gasteiger partial charge in [-0.3, -0.25) is 9.48 Å². The molecule has 0 saturated heterocycles. The van der Waals surface area contributed by atoms with Crippen molar-refractivity contribution in [1.29, 1.82) is 0 Å². The third-order valence-corrected chi connectivity index (χ3v) is 6.31. The van der Waals surface area contributed by atoms with Crippen molar-refractivity contribution in [2.24, 2.45) is 13.0 Å². The van der Waals surface area contributed by atoms with E-state index < -0.39 is 0 Å². The first-order chi connectivity index (χ1) is 15.4. The zero-order valence-electron chi connectivity index (χ0n) is 19.8. The number of aromatic nitrogens is 2. The SMILES string of the molecule is CCN(Cc1cc(C)c(OCc2cccc(C)c2)c(C)c1)C(=O)[C@@H]1C[C@H]1c1cnn(C)c1. The molecule has 2 aromatic carbocycles. The van der Waals surface area contributed by atoms with Gasteiger partial charge in [-0.2, -0.15) is 5.10 Å². The number of carbonyl (C=O) groups is 1. The average Bonchev–Trinajstić information content (AvgIpc) is 3.44. The summed E-state index contributed by atoms with van der Waals surface area (Å²) in [7, 11) is 1.92. The number of aryl methyl sites for hydroxylation is 4. The number of benzene rings is 2. The van der Waals surface area contributed by atoms with E-state index >= 15 is 0 Å². The molecule has 0 unspecified atom stereocenters. The monoisotopic (exact) mass is 431 g/mol. The van der Waals surface area contributed by atoms with E-state index in [2.05, 4.69) is 69.2 Å². The van der Waals surface area contributed by atoms with Gasteiger partial charge in [0, 0.05) is 32.3 Å². The van der Waals surface area contributed by atoms with E-state index in [4.69, 9.17) is 4.74 Å². The van der Waals surface area contributed by atoms with E-state index in [1.54, 1.807) is 4.68 Å². The number of rotatable bonds is 8. The first-order valence-electron chi connectivity index (χ1n) is 11.4. The minimum absolute atomic E-state index is 0.0817. The Morgan fingerprint density at radius 1 is 1.16 bits per heavy atom. The maximum Gasteiger partial charge on any atom is 0.226 e. The molecule has 0 spiro atoms. The van der Waals surface area contributed by atoms with Gasteiger partial charge >= 0.3 is 0 Å². The van der Waals surface area contributed by atoms with Gasteiger partial charge in [-0.1, -0.05) is 42.0 Å². The van der Waals surface area contributed by atoms with Gasteiger partial charge < -0.3 is 9.64 Å². The van der Waals surface area contributed by atoms with Crippen molar-refractivity contribution >= 4 is 5.91 Å². The molecule has 1 saturated carbocycles. The maximum absolute atomic E-state index is 13.1. The molecule has 0 aliphatic heterocycles. The van der Waals surface area contributed by atoms with Gasteiger partial charge in [0.2, 0.25) is 5.91 Å². The van der Waals surface area contributed by atoms with Crippen LogP contribution in [0.5, 0.6) is 5.75 Å². The fourth-order valence-corrected chi connectivity index (χ4v) is 4.58. The molecule has 2 atom stereocenters. The second kappa shape index (κ2) is 9.19. The highest BCUT2D eigenvalue weighted by molar-refractivity contribution is 5.83. The molecule has 0 N–H and O–H groups in total. The molecule has 1 aliphatic rings. The summed E-state index contributed by atoms with van der Waals surface area (Å²) in [5, 5.41) is 4.25. The molecular formula is C27H33N3O2. The first-order valence-corrected chi connectivity index (χ1v) is 11.4. The Hall–Kier alpha value is -3.08. The molecule has 0 radical (unpaired) electrons. The lowest BCUT2D eigenvalue weighted by atomic mass is 10.0. The number of amides is 1. The van der Waals surface area contributed by atoms with Crippen LogP contribution >= 0.6 is 0 Å². The van der Waals surface area contributed by atoms with Gasteiger partial charge in [-0.15, -0.1) is 0 Å². The van der Waals surface area contributed by atoms with Crippen LogP contribution in [-0.2, 0) is 25.0 Å². The quantitative estimate of drug-likeness (QED) is 0.500. The van der Waals surface area contributed by atoms with Gasteiger partial charge in [0.1, 0.15) is 12.4 Å². The van der Waals surface area contributed by atoms with Gasteiger partial charge in [0.25, 0.3) is 0 Å². The van der Waals surface area contributed by atoms with Crippen LogP contribution < -0.4 is 4.74 Å². The lowest BCUT2D eigenvalue weighted by Crippen LogP contribution is -2.32. The highest BCUT2D eigenvalue weighted by Crippen LogP contribution is 2.48. The average molecular weight is 432 g/mol. The summed E-state index contributed by atoms with van der Waals surface area (Å²) in [5.41, 5.74) is 6.94. The maximum atomic E-state index is 13.1. The molecular weight excluding hydrogens is 398 g/mol. The Bertz CT molecular complexity index is 1090. The molecule has 3 aromatic rings. The number of hydrogen-bond acceptors (Lipinski definition) is 3. The summed E-state index contributed by atoms with van der Waals surface area (Å²) in [6, 6.07) is 12.7. The first kappa shape index (κ1) is 22.1. The highest BCUT2D eigenvalue weighted by atomic mass is 16.5. The largest absolute Gasteiger partial charge is 0.488 e. The number of ether oxygens (including phenoxy) is 1. The number of hydrogen-bond donors (Lipinski definition) is 0. The van der Waals surface area contributed by atoms with Crippen LogP contribution in [0.15, 0.2) is 48.8 Å². The van der Waals surface area contributed by atoms with E-state index in [1.165, 1.54) is 16.7 Å². The standard InChI is InChI=1S/C27H33N3O2/c1-6-30(27(31)25-13-24(25)23-14-28-29(5)16-23)15-22-11-19(3)26(20(4)12-22)32-17-21-9-7-8-18(2)10-21/h7-12,14,16,24-25H,6,13,15,17H2,1-5H3/t24-,25+/m0/s1. The van der Waals surface area contributed by atoms with E-state index in [0.29, 0.717) is 25.6 Å². The van der Waals surface area contributed by atoms with E-state index in [-0.39, 0.29) is 11.8 Å². The van der Waals surface area contributed by atoms with Gasteiger partial charge in [-0.05, 0) is 67.9 Å². The zero-order chi connectivity index (χ0) is 22.8. The van der Waals surface area contributed by atoms with Crippen LogP contribution in [0.2, 0.25) is 0 Å². The van der Waals surface area contributed by atoms with Crippen LogP contribution in [0, 0.1) is 26.7 Å². The molecule has 4 rings (SSSR count). The Morgan fingerprint density at radius 2 is 1.91 bits per heavy atom. The van der Waals surface area contributed by atoms with Gasteiger partial charge in [-0.25, -0.2) is 0 Å². The lowest BCUT2D eigenvalue weighted by molar-refractivity contribution is -0.133. The molecule has 1 fully saturated rings. The zero-order valence-corrected chi connectivity index (χ0v) is 19.8. The molecule has 5 heteroatoms. The molecule has 1 aliphatic carbocycles. The van der Waals surface area contributed by atoms with Crippen molar-refractivity contribution in [3.05, 3.63) is 82.2 Å². The molecule has 5 nitrogen and oxygen atoms in total. The van der Waals surface area contributed by atoms with Crippen LogP contribution in [0.1, 0.15) is 52.6 Å². The molecule has 1 aromatic heterocycles. The topological polar surface area (TPSA) is 47.4 Å². The van der Waals surface area contributed by atoms with Crippen molar-refractivity contribution in [2.45, 2.75) is 53.2 Å². The summed E-state index contributed by atoms with van der Waals surface area (Å²) in [5.74, 6) is 1.57. The van der Waals surface area contributed by atoms with Crippen molar-refractivity contribution < 1.29 is 9.53 Å². The molecule has 168 valence electrons. The minimum Gasteiger partial charge on any atom is -0.488 e. The fourth-order valence-electron chi connectivity index (χ4n) is 4.58. The minimum atomic E-state index is 0.0817. The summed E-state index contributed by atoms with van der Waals surface area (Å²) in [6.45, 7) is 10.2. The summed E-state index contributed by atoms with van der Waals surface area (Å²) < 4.78 is 7.97. The van der Waals surface area contributed by atoms with E-state index in [1.807, 2.05) is 24.3 Å². The smallest absolute Gasteiger partial charge is 0.226 e. The van der Waals surface area contributed by atoms with E-state index in [0.717, 1.165) is 28.9 Å². The molecule has 32 heavy (non-hydrogen) atoms. The molecule has 1 amide bonds. The Labute approximate surface area is 191 Å². The second-order valence-corrected chi connectivity index (χ2v) is 9.08. The predicted octanol–water partition coefficient (Wildman–Crippen LogP) is 5.08. The van der Waals surface area contributed by atoms with Crippen molar-refractivity contribution in [1.82, 2.24) is 14.7 Å². The normalized spacial score (nSPS) is 17.3. The van der Waals surface area contributed by atoms with Crippen LogP contribution in [-0.4, -0.2) is 27.1 Å². The lowest BCUT2D eigenvalue weighted by Gasteiger charge is -2.22. The Morgan fingerprint density at radius 3 is 2.53 bits per heavy atom. The van der Waals surface area contributed by atoms with Crippen LogP contribution in [0.25, 0.3) is 0 Å². The second-order valence-electron chi connectivity index (χ2n) is 9.08. The van der Waals surface area contributed by atoms with Gasteiger partial charge in [0.05, 0.1) is 6.20 Å². The fraction of sp³-hybridized carbons (Fsp3) is 0.407. The van der Waals surface area contributed by atoms with Crippen molar-refractivity contribution in [3.8, 4) is 5.75 Å². The van der Waals surface area contributed by atoms with Gasteiger partial charge in [0.15, 0.2) is 0 Å². The summed E-state index contributed by atoms with van der Waals surface area (Å²) in [6.07, 6.45) is 4.83. The van der Waals surface area contributed by atoms with Crippen molar-refractivity contribution in [2.75, 3.05) is 6.54 Å². The van der Waals surface area contributed by atoms with Crippen molar-refractivity contribution in [3.63, 3.8) is 0 Å². The highest BCUT2D eigenvalue weighted by Gasteiger charge is 2.46. The predicted molar refractivity (Wildman–Crippen MR) is 127 cm³/mol.